The summed E-state index contributed by atoms with van der Waals surface area (Å²) in [5, 5.41) is 2.22. The zero-order chi connectivity index (χ0) is 18.4. The number of pyridine rings is 2. The van der Waals surface area contributed by atoms with Gasteiger partial charge in [-0.25, -0.2) is 0 Å². The van der Waals surface area contributed by atoms with Crippen LogP contribution in [0.4, 0.5) is 0 Å². The summed E-state index contributed by atoms with van der Waals surface area (Å²) in [6.45, 7) is 2.14. The van der Waals surface area contributed by atoms with E-state index in [2.05, 4.69) is 57.9 Å². The van der Waals surface area contributed by atoms with E-state index < -0.39 is 0 Å². The number of aryl methyl sites for hydroxylation is 1. The molecule has 0 saturated carbocycles. The largest absolute Gasteiger partial charge is 0.309 e. The first-order valence-electron chi connectivity index (χ1n) is 8.87. The van der Waals surface area contributed by atoms with Gasteiger partial charge in [0.05, 0.1) is 11.0 Å². The first-order valence-corrected chi connectivity index (χ1v) is 8.87. The second-order valence-electron chi connectivity index (χ2n) is 6.75. The molecule has 3 heterocycles. The lowest BCUT2D eigenvalue weighted by Crippen LogP contribution is -2.01. The summed E-state index contributed by atoms with van der Waals surface area (Å²) in [4.78, 5) is 8.59. The van der Waals surface area contributed by atoms with Gasteiger partial charge >= 0.3 is 0 Å². The molecule has 5 rings (SSSR count). The molecule has 3 nitrogen and oxygen atoms in total. The van der Waals surface area contributed by atoms with E-state index in [1.807, 2.05) is 43.0 Å². The summed E-state index contributed by atoms with van der Waals surface area (Å²) in [5.74, 6) is 0. The molecule has 0 aliphatic heterocycles. The van der Waals surface area contributed by atoms with Gasteiger partial charge in [0.15, 0.2) is 0 Å². The van der Waals surface area contributed by atoms with E-state index in [1.165, 1.54) is 11.1 Å². The molecule has 0 N–H and O–H groups in total. The van der Waals surface area contributed by atoms with Crippen LogP contribution in [-0.4, -0.2) is 22.4 Å². The molecule has 2 aromatic carbocycles. The summed E-state index contributed by atoms with van der Waals surface area (Å²) >= 11 is 0. The molecule has 5 aromatic rings. The van der Waals surface area contributed by atoms with Gasteiger partial charge in [0.1, 0.15) is 7.85 Å². The number of nitrogens with zero attached hydrogens (tertiary/aromatic N) is 3. The third-order valence-electron chi connectivity index (χ3n) is 5.03. The molecule has 4 heteroatoms. The van der Waals surface area contributed by atoms with E-state index in [0.717, 1.165) is 38.5 Å². The molecule has 0 aliphatic rings. The molecule has 2 radical (unpaired) electrons. The lowest BCUT2D eigenvalue weighted by Gasteiger charge is -2.12. The van der Waals surface area contributed by atoms with Crippen LogP contribution in [0.15, 0.2) is 79.4 Å². The summed E-state index contributed by atoms with van der Waals surface area (Å²) in [6, 6.07) is 18.7. The Bertz CT molecular complexity index is 1250. The van der Waals surface area contributed by atoms with Crippen molar-refractivity contribution in [1.29, 1.82) is 0 Å². The monoisotopic (exact) mass is 345 g/mol. The maximum absolute atomic E-state index is 5.96. The average Bonchev–Trinajstić information content (AvgIpc) is 3.02. The van der Waals surface area contributed by atoms with Gasteiger partial charge in [-0.15, -0.1) is 0 Å². The summed E-state index contributed by atoms with van der Waals surface area (Å²) in [7, 11) is 5.96. The second kappa shape index (κ2) is 6.10. The molecule has 27 heavy (non-hydrogen) atoms. The van der Waals surface area contributed by atoms with Crippen molar-refractivity contribution in [2.75, 3.05) is 0 Å². The van der Waals surface area contributed by atoms with E-state index in [1.54, 1.807) is 0 Å². The minimum Gasteiger partial charge on any atom is -0.309 e. The van der Waals surface area contributed by atoms with Crippen LogP contribution in [0.25, 0.3) is 38.6 Å². The molecule has 0 amide bonds. The average molecular weight is 345 g/mol. The zero-order valence-electron chi connectivity index (χ0n) is 14.9. The van der Waals surface area contributed by atoms with Crippen molar-refractivity contribution < 1.29 is 0 Å². The van der Waals surface area contributed by atoms with Crippen molar-refractivity contribution in [2.24, 2.45) is 0 Å². The Morgan fingerprint density at radius 3 is 2.15 bits per heavy atom. The molecule has 3 aromatic heterocycles. The Morgan fingerprint density at radius 1 is 0.815 bits per heavy atom. The summed E-state index contributed by atoms with van der Waals surface area (Å²) in [6.07, 6.45) is 7.48. The highest BCUT2D eigenvalue weighted by molar-refractivity contribution is 6.32. The highest BCUT2D eigenvalue weighted by Gasteiger charge is 2.13. The number of benzene rings is 2. The van der Waals surface area contributed by atoms with Crippen LogP contribution >= 0.6 is 0 Å². The van der Waals surface area contributed by atoms with Gasteiger partial charge in [-0.05, 0) is 47.9 Å². The molecule has 0 atom stereocenters. The number of aromatic nitrogens is 3. The van der Waals surface area contributed by atoms with Crippen LogP contribution in [-0.2, 0) is 0 Å². The SMILES string of the molecule is [B]c1cccc(-c2ccc(-n3c4ccncc4c4cnccc43)cc2C)c1. The summed E-state index contributed by atoms with van der Waals surface area (Å²) < 4.78 is 2.27. The first-order chi connectivity index (χ1) is 13.2. The van der Waals surface area contributed by atoms with Gasteiger partial charge in [0.25, 0.3) is 0 Å². The Morgan fingerprint density at radius 2 is 1.52 bits per heavy atom. The highest BCUT2D eigenvalue weighted by atomic mass is 15.0. The van der Waals surface area contributed by atoms with Crippen molar-refractivity contribution >= 4 is 35.1 Å². The van der Waals surface area contributed by atoms with Crippen LogP contribution in [0.1, 0.15) is 5.56 Å². The zero-order valence-corrected chi connectivity index (χ0v) is 14.9. The molecule has 0 saturated heterocycles. The number of fused-ring (bicyclic) bond motifs is 3. The number of rotatable bonds is 2. The van der Waals surface area contributed by atoms with Gasteiger partial charge < -0.3 is 4.57 Å². The minimum atomic E-state index is 0.776. The van der Waals surface area contributed by atoms with Crippen LogP contribution in [0.2, 0.25) is 0 Å². The lowest BCUT2D eigenvalue weighted by atomic mass is 9.91. The van der Waals surface area contributed by atoms with Crippen molar-refractivity contribution in [3.63, 3.8) is 0 Å². The third kappa shape index (κ3) is 2.53. The van der Waals surface area contributed by atoms with Crippen LogP contribution in [0, 0.1) is 6.92 Å². The smallest absolute Gasteiger partial charge is 0.113 e. The van der Waals surface area contributed by atoms with Gasteiger partial charge in [0, 0.05) is 41.2 Å². The van der Waals surface area contributed by atoms with Crippen LogP contribution in [0.3, 0.4) is 0 Å². The minimum absolute atomic E-state index is 0.776. The topological polar surface area (TPSA) is 30.7 Å². The van der Waals surface area contributed by atoms with Crippen LogP contribution < -0.4 is 5.46 Å². The Labute approximate surface area is 158 Å². The van der Waals surface area contributed by atoms with E-state index >= 15 is 0 Å². The second-order valence-corrected chi connectivity index (χ2v) is 6.75. The van der Waals surface area contributed by atoms with Gasteiger partial charge in [-0.3, -0.25) is 9.97 Å². The fraction of sp³-hybridized carbons (Fsp3) is 0.0435. The molecule has 0 spiro atoms. The number of hydrogen-bond donors (Lipinski definition) is 0. The Kier molecular flexibility index (Phi) is 3.57. The fourth-order valence-corrected chi connectivity index (χ4v) is 3.80. The summed E-state index contributed by atoms with van der Waals surface area (Å²) in [5.41, 5.74) is 7.69. The van der Waals surface area contributed by atoms with Gasteiger partial charge in [-0.2, -0.15) is 0 Å². The normalized spacial score (nSPS) is 11.3. The number of hydrogen-bond acceptors (Lipinski definition) is 2. The van der Waals surface area contributed by atoms with E-state index in [0.29, 0.717) is 0 Å². The molecule has 0 bridgehead atoms. The van der Waals surface area contributed by atoms with E-state index in [-0.39, 0.29) is 0 Å². The van der Waals surface area contributed by atoms with Crippen molar-refractivity contribution in [3.05, 3.63) is 84.9 Å². The van der Waals surface area contributed by atoms with Crippen molar-refractivity contribution in [2.45, 2.75) is 6.92 Å². The van der Waals surface area contributed by atoms with Gasteiger partial charge in [-0.1, -0.05) is 35.8 Å². The maximum atomic E-state index is 5.96. The molecular formula is C23H16BN3. The Hall–Kier alpha value is -3.40. The van der Waals surface area contributed by atoms with Crippen LogP contribution in [0.5, 0.6) is 0 Å². The first kappa shape index (κ1) is 15.8. The molecular weight excluding hydrogens is 329 g/mol. The molecule has 126 valence electrons. The lowest BCUT2D eigenvalue weighted by molar-refractivity contribution is 1.16. The fourth-order valence-electron chi connectivity index (χ4n) is 3.80. The predicted octanol–water partition coefficient (Wildman–Crippen LogP) is 4.34. The van der Waals surface area contributed by atoms with E-state index in [9.17, 15) is 0 Å². The highest BCUT2D eigenvalue weighted by Crippen LogP contribution is 2.32. The quantitative estimate of drug-likeness (QED) is 0.446. The predicted molar refractivity (Wildman–Crippen MR) is 112 cm³/mol. The molecule has 0 fully saturated rings. The molecule has 0 aliphatic carbocycles. The standard InChI is InChI=1S/C23H16BN3/c1-15-11-18(5-6-19(15)16-3-2-4-17(24)12-16)27-22-7-9-25-13-20(22)21-14-26-10-8-23(21)27/h2-14H,1H3. The Balaban J connectivity index is 1.75. The maximum Gasteiger partial charge on any atom is 0.113 e. The van der Waals surface area contributed by atoms with Crippen molar-refractivity contribution in [1.82, 2.24) is 14.5 Å². The third-order valence-corrected chi connectivity index (χ3v) is 5.03. The van der Waals surface area contributed by atoms with E-state index in [4.69, 9.17) is 7.85 Å². The van der Waals surface area contributed by atoms with Gasteiger partial charge in [0.2, 0.25) is 0 Å². The molecule has 0 unspecified atom stereocenters. The van der Waals surface area contributed by atoms with Crippen molar-refractivity contribution in [3.8, 4) is 16.8 Å².